The molecule has 1 aromatic rings. The first-order chi connectivity index (χ1) is 7.29. The maximum absolute atomic E-state index is 5.92. The topological polar surface area (TPSA) is 29.3 Å². The van der Waals surface area contributed by atoms with E-state index in [1.54, 1.807) is 0 Å². The van der Waals surface area contributed by atoms with E-state index >= 15 is 0 Å². The molecule has 0 radical (unpaired) electrons. The standard InChI is InChI=1S/C13H20N2/c1-2-4-11-5-3-6-13(9-11)15-8-7-12(14)10-15/h3,5-6,9,12H,2,4,7-8,10,14H2,1H3. The minimum Gasteiger partial charge on any atom is -0.370 e. The van der Waals surface area contributed by atoms with Crippen molar-refractivity contribution in [2.45, 2.75) is 32.2 Å². The second-order valence-electron chi connectivity index (χ2n) is 4.41. The highest BCUT2D eigenvalue weighted by molar-refractivity contribution is 5.49. The molecule has 1 heterocycles. The molecule has 1 unspecified atom stereocenters. The number of nitrogens with zero attached hydrogens (tertiary/aromatic N) is 1. The van der Waals surface area contributed by atoms with E-state index in [2.05, 4.69) is 36.1 Å². The molecule has 0 spiro atoms. The van der Waals surface area contributed by atoms with Crippen LogP contribution in [0, 0.1) is 0 Å². The summed E-state index contributed by atoms with van der Waals surface area (Å²) in [7, 11) is 0. The number of nitrogens with two attached hydrogens (primary N) is 1. The molecule has 1 aliphatic rings. The summed E-state index contributed by atoms with van der Waals surface area (Å²) in [6.45, 7) is 4.34. The van der Waals surface area contributed by atoms with Gasteiger partial charge in [0.05, 0.1) is 0 Å². The fourth-order valence-corrected chi connectivity index (χ4v) is 2.22. The molecule has 1 atom stereocenters. The van der Waals surface area contributed by atoms with Gasteiger partial charge in [0.1, 0.15) is 0 Å². The van der Waals surface area contributed by atoms with E-state index in [9.17, 15) is 0 Å². The van der Waals surface area contributed by atoms with E-state index in [1.807, 2.05) is 0 Å². The van der Waals surface area contributed by atoms with Crippen LogP contribution in [0.3, 0.4) is 0 Å². The molecule has 2 N–H and O–H groups in total. The fraction of sp³-hybridized carbons (Fsp3) is 0.538. The van der Waals surface area contributed by atoms with E-state index in [0.29, 0.717) is 6.04 Å². The van der Waals surface area contributed by atoms with Gasteiger partial charge in [-0.1, -0.05) is 25.5 Å². The number of hydrogen-bond acceptors (Lipinski definition) is 2. The van der Waals surface area contributed by atoms with Gasteiger partial charge in [-0.15, -0.1) is 0 Å². The zero-order chi connectivity index (χ0) is 10.7. The average Bonchev–Trinajstić information content (AvgIpc) is 2.66. The van der Waals surface area contributed by atoms with Crippen LogP contribution >= 0.6 is 0 Å². The van der Waals surface area contributed by atoms with Crippen LogP contribution < -0.4 is 10.6 Å². The molecule has 2 rings (SSSR count). The van der Waals surface area contributed by atoms with E-state index < -0.39 is 0 Å². The number of aryl methyl sites for hydroxylation is 1. The maximum atomic E-state index is 5.92. The van der Waals surface area contributed by atoms with Gasteiger partial charge in [-0.25, -0.2) is 0 Å². The molecule has 0 aromatic heterocycles. The first kappa shape index (κ1) is 10.5. The first-order valence-electron chi connectivity index (χ1n) is 5.89. The summed E-state index contributed by atoms with van der Waals surface area (Å²) >= 11 is 0. The molecular formula is C13H20N2. The SMILES string of the molecule is CCCc1cccc(N2CCC(N)C2)c1. The van der Waals surface area contributed by atoms with E-state index in [-0.39, 0.29) is 0 Å². The van der Waals surface area contributed by atoms with Gasteiger partial charge >= 0.3 is 0 Å². The molecule has 82 valence electrons. The third-order valence-corrected chi connectivity index (χ3v) is 3.04. The number of rotatable bonds is 3. The zero-order valence-electron chi connectivity index (χ0n) is 9.45. The second kappa shape index (κ2) is 4.67. The van der Waals surface area contributed by atoms with Crippen molar-refractivity contribution in [1.29, 1.82) is 0 Å². The van der Waals surface area contributed by atoms with Gasteiger partial charge in [-0.05, 0) is 30.5 Å². The van der Waals surface area contributed by atoms with E-state index in [1.165, 1.54) is 24.1 Å². The van der Waals surface area contributed by atoms with E-state index in [0.717, 1.165) is 19.5 Å². The fourth-order valence-electron chi connectivity index (χ4n) is 2.22. The van der Waals surface area contributed by atoms with Crippen molar-refractivity contribution < 1.29 is 0 Å². The lowest BCUT2D eigenvalue weighted by Gasteiger charge is -2.18. The van der Waals surface area contributed by atoms with Crippen LogP contribution in [-0.4, -0.2) is 19.1 Å². The lowest BCUT2D eigenvalue weighted by atomic mass is 10.1. The molecule has 1 fully saturated rings. The summed E-state index contributed by atoms with van der Waals surface area (Å²) in [4.78, 5) is 2.39. The van der Waals surface area contributed by atoms with Crippen molar-refractivity contribution in [1.82, 2.24) is 0 Å². The third kappa shape index (κ3) is 2.51. The average molecular weight is 204 g/mol. The normalized spacial score (nSPS) is 20.9. The lowest BCUT2D eigenvalue weighted by molar-refractivity contribution is 0.752. The Labute approximate surface area is 92.1 Å². The molecule has 0 aliphatic carbocycles. The van der Waals surface area contributed by atoms with Crippen LogP contribution in [0.15, 0.2) is 24.3 Å². The molecule has 15 heavy (non-hydrogen) atoms. The van der Waals surface area contributed by atoms with Crippen LogP contribution in [0.2, 0.25) is 0 Å². The van der Waals surface area contributed by atoms with Crippen molar-refractivity contribution in [2.24, 2.45) is 5.73 Å². The quantitative estimate of drug-likeness (QED) is 0.817. The highest BCUT2D eigenvalue weighted by Crippen LogP contribution is 2.21. The van der Waals surface area contributed by atoms with Gasteiger partial charge in [-0.2, -0.15) is 0 Å². The number of anilines is 1. The van der Waals surface area contributed by atoms with Crippen molar-refractivity contribution in [2.75, 3.05) is 18.0 Å². The van der Waals surface area contributed by atoms with Crippen molar-refractivity contribution >= 4 is 5.69 Å². The molecule has 0 amide bonds. The predicted octanol–water partition coefficient (Wildman–Crippen LogP) is 2.18. The summed E-state index contributed by atoms with van der Waals surface area (Å²) < 4.78 is 0. The van der Waals surface area contributed by atoms with Gasteiger partial charge in [-0.3, -0.25) is 0 Å². The number of hydrogen-bond donors (Lipinski definition) is 1. The Hall–Kier alpha value is -1.02. The van der Waals surface area contributed by atoms with Crippen LogP contribution in [0.5, 0.6) is 0 Å². The van der Waals surface area contributed by atoms with Crippen LogP contribution in [0.1, 0.15) is 25.3 Å². The number of benzene rings is 1. The Morgan fingerprint density at radius 3 is 3.00 bits per heavy atom. The Balaban J connectivity index is 2.10. The van der Waals surface area contributed by atoms with Crippen molar-refractivity contribution in [3.8, 4) is 0 Å². The van der Waals surface area contributed by atoms with Gasteiger partial charge in [0.15, 0.2) is 0 Å². The highest BCUT2D eigenvalue weighted by atomic mass is 15.2. The monoisotopic (exact) mass is 204 g/mol. The van der Waals surface area contributed by atoms with Gasteiger partial charge < -0.3 is 10.6 Å². The molecule has 2 heteroatoms. The molecule has 0 saturated carbocycles. The Morgan fingerprint density at radius 2 is 2.33 bits per heavy atom. The molecular weight excluding hydrogens is 184 g/mol. The summed E-state index contributed by atoms with van der Waals surface area (Å²) in [6, 6.07) is 9.23. The Bertz CT molecular complexity index is 322. The minimum atomic E-state index is 0.361. The van der Waals surface area contributed by atoms with Crippen LogP contribution in [-0.2, 0) is 6.42 Å². The molecule has 1 aliphatic heterocycles. The molecule has 2 nitrogen and oxygen atoms in total. The summed E-state index contributed by atoms with van der Waals surface area (Å²) in [5.74, 6) is 0. The second-order valence-corrected chi connectivity index (χ2v) is 4.41. The van der Waals surface area contributed by atoms with E-state index in [4.69, 9.17) is 5.73 Å². The lowest BCUT2D eigenvalue weighted by Crippen LogP contribution is -2.26. The van der Waals surface area contributed by atoms with Gasteiger partial charge in [0.2, 0.25) is 0 Å². The van der Waals surface area contributed by atoms with Crippen molar-refractivity contribution in [3.63, 3.8) is 0 Å². The third-order valence-electron chi connectivity index (χ3n) is 3.04. The van der Waals surface area contributed by atoms with Crippen LogP contribution in [0.4, 0.5) is 5.69 Å². The molecule has 1 aromatic carbocycles. The Morgan fingerprint density at radius 1 is 1.47 bits per heavy atom. The van der Waals surface area contributed by atoms with Gasteiger partial charge in [0, 0.05) is 24.8 Å². The summed E-state index contributed by atoms with van der Waals surface area (Å²) in [5, 5.41) is 0. The van der Waals surface area contributed by atoms with Gasteiger partial charge in [0.25, 0.3) is 0 Å². The molecule has 0 bridgehead atoms. The first-order valence-corrected chi connectivity index (χ1v) is 5.89. The summed E-state index contributed by atoms with van der Waals surface area (Å²) in [5.41, 5.74) is 8.70. The minimum absolute atomic E-state index is 0.361. The van der Waals surface area contributed by atoms with Crippen molar-refractivity contribution in [3.05, 3.63) is 29.8 Å². The zero-order valence-corrected chi connectivity index (χ0v) is 9.45. The summed E-state index contributed by atoms with van der Waals surface area (Å²) in [6.07, 6.45) is 3.51. The predicted molar refractivity (Wildman–Crippen MR) is 65.2 cm³/mol. The highest BCUT2D eigenvalue weighted by Gasteiger charge is 2.18. The van der Waals surface area contributed by atoms with Crippen LogP contribution in [0.25, 0.3) is 0 Å². The molecule has 1 saturated heterocycles. The largest absolute Gasteiger partial charge is 0.370 e. The maximum Gasteiger partial charge on any atom is 0.0369 e. The Kier molecular flexibility index (Phi) is 3.27. The smallest absolute Gasteiger partial charge is 0.0369 e.